The molecule has 1 aliphatic rings. The monoisotopic (exact) mass is 565 g/mol. The van der Waals surface area contributed by atoms with Gasteiger partial charge in [-0.25, -0.2) is 9.79 Å². The average molecular weight is 566 g/mol. The number of ether oxygens (including phenoxy) is 1. The SMILES string of the molecule is CCc1ccc(C(=N)N(CCC(F)(F)F)C(=O)NC/C(N)=C2\CCC(CO)OC2=Nc2cccc(Cl)c2)cc1. The molecule has 3 rings (SSSR count). The number of amidine groups is 1. The molecule has 39 heavy (non-hydrogen) atoms. The molecule has 2 aromatic carbocycles. The highest BCUT2D eigenvalue weighted by atomic mass is 35.5. The van der Waals surface area contributed by atoms with Crippen molar-refractivity contribution in [3.05, 3.63) is 76.0 Å². The molecule has 2 aromatic rings. The number of benzene rings is 2. The third-order valence-electron chi connectivity index (χ3n) is 6.08. The van der Waals surface area contributed by atoms with Gasteiger partial charge in [0.1, 0.15) is 11.9 Å². The van der Waals surface area contributed by atoms with Crippen LogP contribution in [0.1, 0.15) is 37.3 Å². The zero-order valence-corrected chi connectivity index (χ0v) is 22.1. The molecule has 0 bridgehead atoms. The first-order valence-corrected chi connectivity index (χ1v) is 12.8. The van der Waals surface area contributed by atoms with Crippen molar-refractivity contribution in [2.75, 3.05) is 19.7 Å². The zero-order chi connectivity index (χ0) is 28.6. The smallest absolute Gasteiger partial charge is 0.390 e. The number of aliphatic imine (C=N–C) groups is 1. The van der Waals surface area contributed by atoms with Crippen molar-refractivity contribution in [2.24, 2.45) is 10.7 Å². The number of hydrogen-bond acceptors (Lipinski definition) is 6. The van der Waals surface area contributed by atoms with Gasteiger partial charge in [-0.05, 0) is 43.0 Å². The molecular formula is C27H31ClF3N5O3. The lowest BCUT2D eigenvalue weighted by molar-refractivity contribution is -0.135. The molecule has 210 valence electrons. The number of aliphatic hydroxyl groups excluding tert-OH is 1. The van der Waals surface area contributed by atoms with Crippen LogP contribution in [0.4, 0.5) is 23.7 Å². The fourth-order valence-corrected chi connectivity index (χ4v) is 4.05. The number of aliphatic hydroxyl groups is 1. The van der Waals surface area contributed by atoms with Crippen LogP contribution >= 0.6 is 11.6 Å². The second-order valence-corrected chi connectivity index (χ2v) is 9.37. The maximum Gasteiger partial charge on any atom is 0.390 e. The van der Waals surface area contributed by atoms with Gasteiger partial charge in [-0.15, -0.1) is 0 Å². The Morgan fingerprint density at radius 3 is 2.62 bits per heavy atom. The van der Waals surface area contributed by atoms with Gasteiger partial charge in [0.2, 0.25) is 5.90 Å². The van der Waals surface area contributed by atoms with Gasteiger partial charge < -0.3 is 20.9 Å². The van der Waals surface area contributed by atoms with Gasteiger partial charge in [0, 0.05) is 28.4 Å². The van der Waals surface area contributed by atoms with E-state index in [0.717, 1.165) is 16.9 Å². The van der Waals surface area contributed by atoms with Gasteiger partial charge >= 0.3 is 12.2 Å². The summed E-state index contributed by atoms with van der Waals surface area (Å²) >= 11 is 6.04. The fourth-order valence-electron chi connectivity index (χ4n) is 3.86. The molecule has 8 nitrogen and oxygen atoms in total. The topological polar surface area (TPSA) is 124 Å². The molecule has 0 aliphatic carbocycles. The number of amides is 2. The highest BCUT2D eigenvalue weighted by Gasteiger charge is 2.31. The van der Waals surface area contributed by atoms with Crippen LogP contribution in [0.15, 0.2) is 64.8 Å². The largest absolute Gasteiger partial charge is 0.472 e. The summed E-state index contributed by atoms with van der Waals surface area (Å²) in [4.78, 5) is 18.2. The zero-order valence-electron chi connectivity index (χ0n) is 21.4. The number of alkyl halides is 3. The molecule has 12 heteroatoms. The molecule has 1 aliphatic heterocycles. The van der Waals surface area contributed by atoms with Gasteiger partial charge in [0.05, 0.1) is 25.3 Å². The molecule has 0 saturated carbocycles. The number of urea groups is 1. The second-order valence-electron chi connectivity index (χ2n) is 8.94. The first-order valence-electron chi connectivity index (χ1n) is 12.4. The number of rotatable bonds is 8. The highest BCUT2D eigenvalue weighted by Crippen LogP contribution is 2.26. The number of halogens is 4. The van der Waals surface area contributed by atoms with Crippen LogP contribution in [0.2, 0.25) is 5.02 Å². The number of carbonyl (C=O) groups excluding carboxylic acids is 1. The molecule has 5 N–H and O–H groups in total. The normalized spacial score (nSPS) is 17.9. The van der Waals surface area contributed by atoms with Gasteiger partial charge in [0.15, 0.2) is 0 Å². The maximum atomic E-state index is 13.0. The van der Waals surface area contributed by atoms with Gasteiger partial charge in [-0.1, -0.05) is 48.9 Å². The lowest BCUT2D eigenvalue weighted by atomic mass is 10.0. The van der Waals surface area contributed by atoms with Crippen LogP contribution in [0.5, 0.6) is 0 Å². The predicted molar refractivity (Wildman–Crippen MR) is 144 cm³/mol. The minimum Gasteiger partial charge on any atom is -0.472 e. The molecule has 0 radical (unpaired) electrons. The van der Waals surface area contributed by atoms with E-state index in [0.29, 0.717) is 34.7 Å². The van der Waals surface area contributed by atoms with Crippen LogP contribution in [0.25, 0.3) is 0 Å². The minimum atomic E-state index is -4.51. The predicted octanol–water partition coefficient (Wildman–Crippen LogP) is 5.31. The number of nitrogens with two attached hydrogens (primary N) is 1. The number of carbonyl (C=O) groups is 1. The van der Waals surface area contributed by atoms with E-state index in [-0.39, 0.29) is 30.6 Å². The van der Waals surface area contributed by atoms with Crippen molar-refractivity contribution >= 4 is 35.1 Å². The van der Waals surface area contributed by atoms with E-state index in [1.54, 1.807) is 48.5 Å². The van der Waals surface area contributed by atoms with Crippen LogP contribution in [0.3, 0.4) is 0 Å². The Morgan fingerprint density at radius 2 is 2.00 bits per heavy atom. The van der Waals surface area contributed by atoms with Gasteiger partial charge in [-0.2, -0.15) is 13.2 Å². The Morgan fingerprint density at radius 1 is 1.28 bits per heavy atom. The van der Waals surface area contributed by atoms with Crippen LogP contribution in [-0.4, -0.2) is 59.7 Å². The van der Waals surface area contributed by atoms with Crippen LogP contribution < -0.4 is 11.1 Å². The summed E-state index contributed by atoms with van der Waals surface area (Å²) in [5.74, 6) is -0.201. The Labute approximate surface area is 229 Å². The quantitative estimate of drug-likeness (QED) is 0.256. The summed E-state index contributed by atoms with van der Waals surface area (Å²) in [5.41, 5.74) is 8.76. The summed E-state index contributed by atoms with van der Waals surface area (Å²) in [6, 6.07) is 12.5. The lowest BCUT2D eigenvalue weighted by Gasteiger charge is -2.27. The standard InChI is InChI=1S/C27H31ClF3N5O3/c1-2-17-6-8-18(9-7-17)24(33)36(13-12-27(29,30)31)26(38)34-15-23(32)22-11-10-21(16-37)39-25(22)35-20-5-3-4-19(28)14-20/h3-9,14,21,33,37H,2,10-13,15-16,32H2,1H3,(H,34,38)/b23-22-,33-24?,35-25?. The fraction of sp³-hybridized carbons (Fsp3) is 0.370. The van der Waals surface area contributed by atoms with Crippen molar-refractivity contribution < 1.29 is 27.8 Å². The summed E-state index contributed by atoms with van der Waals surface area (Å²) in [5, 5.41) is 21.0. The molecule has 2 amide bonds. The van der Waals surface area contributed by atoms with Crippen LogP contribution in [-0.2, 0) is 11.2 Å². The second kappa shape index (κ2) is 13.5. The maximum absolute atomic E-state index is 13.0. The van der Waals surface area contributed by atoms with E-state index >= 15 is 0 Å². The summed E-state index contributed by atoms with van der Waals surface area (Å²) in [6.07, 6.45) is -4.69. The molecule has 1 heterocycles. The molecule has 0 aromatic heterocycles. The van der Waals surface area contributed by atoms with E-state index < -0.39 is 31.3 Å². The third kappa shape index (κ3) is 8.72. The van der Waals surface area contributed by atoms with E-state index in [9.17, 15) is 23.1 Å². The van der Waals surface area contributed by atoms with Crippen molar-refractivity contribution in [1.29, 1.82) is 5.41 Å². The Balaban J connectivity index is 1.81. The third-order valence-corrected chi connectivity index (χ3v) is 6.32. The molecule has 1 saturated heterocycles. The molecule has 1 fully saturated rings. The Hall–Kier alpha value is -3.57. The van der Waals surface area contributed by atoms with E-state index in [4.69, 9.17) is 27.5 Å². The number of nitrogens with one attached hydrogen (secondary N) is 2. The van der Waals surface area contributed by atoms with Crippen molar-refractivity contribution in [3.8, 4) is 0 Å². The van der Waals surface area contributed by atoms with Crippen molar-refractivity contribution in [2.45, 2.75) is 44.9 Å². The Kier molecular flexibility index (Phi) is 10.4. The molecular weight excluding hydrogens is 535 g/mol. The van der Waals surface area contributed by atoms with Crippen LogP contribution in [0, 0.1) is 5.41 Å². The highest BCUT2D eigenvalue weighted by molar-refractivity contribution is 6.30. The summed E-state index contributed by atoms with van der Waals surface area (Å²) < 4.78 is 44.8. The average Bonchev–Trinajstić information content (AvgIpc) is 2.91. The molecule has 1 atom stereocenters. The number of hydrogen-bond donors (Lipinski definition) is 4. The van der Waals surface area contributed by atoms with E-state index in [2.05, 4.69) is 10.3 Å². The molecule has 0 spiro atoms. The number of nitrogens with zero attached hydrogens (tertiary/aromatic N) is 2. The van der Waals surface area contributed by atoms with E-state index in [1.165, 1.54) is 0 Å². The summed E-state index contributed by atoms with van der Waals surface area (Å²) in [6.45, 7) is 0.770. The first-order chi connectivity index (χ1) is 18.5. The van der Waals surface area contributed by atoms with Gasteiger partial charge in [0.25, 0.3) is 0 Å². The van der Waals surface area contributed by atoms with Gasteiger partial charge in [-0.3, -0.25) is 10.3 Å². The summed E-state index contributed by atoms with van der Waals surface area (Å²) in [7, 11) is 0. The first kappa shape index (κ1) is 30.0. The number of aryl methyl sites for hydroxylation is 1. The minimum absolute atomic E-state index is 0.159. The Bertz CT molecular complexity index is 1230. The molecule has 1 unspecified atom stereocenters. The lowest BCUT2D eigenvalue weighted by Crippen LogP contribution is -2.46. The van der Waals surface area contributed by atoms with E-state index in [1.807, 2.05) is 6.92 Å². The van der Waals surface area contributed by atoms with Crippen molar-refractivity contribution in [1.82, 2.24) is 10.2 Å². The van der Waals surface area contributed by atoms with Crippen molar-refractivity contribution in [3.63, 3.8) is 0 Å².